The monoisotopic (exact) mass is 297 g/mol. The topological polar surface area (TPSA) is 61.7 Å². The number of ether oxygens (including phenoxy) is 1. The molecule has 5 heteroatoms. The zero-order valence-electron chi connectivity index (χ0n) is 12.2. The van der Waals surface area contributed by atoms with Gasteiger partial charge in [0.15, 0.2) is 0 Å². The van der Waals surface area contributed by atoms with Crippen molar-refractivity contribution in [1.82, 2.24) is 5.32 Å². The van der Waals surface area contributed by atoms with Gasteiger partial charge in [-0.2, -0.15) is 0 Å². The number of nitrogens with one attached hydrogen (secondary N) is 1. The van der Waals surface area contributed by atoms with Gasteiger partial charge in [-0.15, -0.1) is 0 Å². The number of hydrogen-bond acceptors (Lipinski definition) is 4. The smallest absolute Gasteiger partial charge is 0.123 e. The first-order valence-electron chi connectivity index (χ1n) is 7.58. The minimum absolute atomic E-state index is 0.129. The van der Waals surface area contributed by atoms with Crippen molar-refractivity contribution >= 4 is 0 Å². The van der Waals surface area contributed by atoms with Crippen molar-refractivity contribution < 1.29 is 19.3 Å². The molecule has 0 bridgehead atoms. The fraction of sp³-hybridized carbons (Fsp3) is 0.625. The molecule has 0 heterocycles. The molecule has 1 aromatic rings. The molecule has 0 amide bonds. The Bertz CT molecular complexity index is 404. The Labute approximate surface area is 124 Å². The lowest BCUT2D eigenvalue weighted by Gasteiger charge is -2.26. The fourth-order valence-electron chi connectivity index (χ4n) is 2.59. The lowest BCUT2D eigenvalue weighted by molar-refractivity contribution is 0.0953. The van der Waals surface area contributed by atoms with E-state index in [0.717, 1.165) is 32.2 Å². The van der Waals surface area contributed by atoms with Gasteiger partial charge in [0.2, 0.25) is 0 Å². The van der Waals surface area contributed by atoms with E-state index in [4.69, 9.17) is 4.74 Å². The second-order valence-corrected chi connectivity index (χ2v) is 5.75. The van der Waals surface area contributed by atoms with Crippen LogP contribution in [0.3, 0.4) is 0 Å². The van der Waals surface area contributed by atoms with E-state index in [1.54, 1.807) is 12.1 Å². The van der Waals surface area contributed by atoms with Gasteiger partial charge in [-0.3, -0.25) is 0 Å². The van der Waals surface area contributed by atoms with Crippen LogP contribution in [0.5, 0.6) is 5.75 Å². The maximum atomic E-state index is 12.7. The Morgan fingerprint density at radius 3 is 2.52 bits per heavy atom. The predicted octanol–water partition coefficient (Wildman–Crippen LogP) is 1.71. The molecule has 0 aliphatic heterocycles. The molecule has 0 saturated heterocycles. The highest BCUT2D eigenvalue weighted by Gasteiger charge is 2.19. The summed E-state index contributed by atoms with van der Waals surface area (Å²) in [6, 6.07) is 5.75. The van der Waals surface area contributed by atoms with Crippen molar-refractivity contribution in [3.63, 3.8) is 0 Å². The molecule has 2 rings (SSSR count). The third kappa shape index (κ3) is 5.99. The van der Waals surface area contributed by atoms with Gasteiger partial charge < -0.3 is 20.3 Å². The molecule has 0 radical (unpaired) electrons. The van der Waals surface area contributed by atoms with E-state index in [1.807, 2.05) is 0 Å². The van der Waals surface area contributed by atoms with Crippen LogP contribution in [0.4, 0.5) is 4.39 Å². The highest BCUT2D eigenvalue weighted by atomic mass is 19.1. The van der Waals surface area contributed by atoms with E-state index in [9.17, 15) is 14.6 Å². The number of hydrogen-bond donors (Lipinski definition) is 3. The number of halogens is 1. The van der Waals surface area contributed by atoms with Crippen LogP contribution in [0, 0.1) is 11.7 Å². The average Bonchev–Trinajstić information content (AvgIpc) is 2.49. The van der Waals surface area contributed by atoms with Gasteiger partial charge in [0.1, 0.15) is 24.3 Å². The van der Waals surface area contributed by atoms with Crippen LogP contribution >= 0.6 is 0 Å². The van der Waals surface area contributed by atoms with Gasteiger partial charge in [-0.25, -0.2) is 4.39 Å². The standard InChI is InChI=1S/C16H24FNO3/c17-13-3-7-16(8-4-13)21-11-15(20)10-18-9-12-1-5-14(19)6-2-12/h3-4,7-8,12,14-15,18-20H,1-2,5-6,9-11H2. The summed E-state index contributed by atoms with van der Waals surface area (Å²) >= 11 is 0. The Balaban J connectivity index is 1.57. The third-order valence-electron chi connectivity index (χ3n) is 3.89. The molecule has 0 spiro atoms. The van der Waals surface area contributed by atoms with Gasteiger partial charge in [0, 0.05) is 6.54 Å². The number of aliphatic hydroxyl groups is 2. The molecule has 1 saturated carbocycles. The fourth-order valence-corrected chi connectivity index (χ4v) is 2.59. The van der Waals surface area contributed by atoms with Crippen molar-refractivity contribution in [2.75, 3.05) is 19.7 Å². The molecule has 1 aliphatic carbocycles. The Kier molecular flexibility index (Phi) is 6.42. The van der Waals surface area contributed by atoms with E-state index in [0.29, 0.717) is 18.2 Å². The zero-order chi connectivity index (χ0) is 15.1. The molecule has 118 valence electrons. The summed E-state index contributed by atoms with van der Waals surface area (Å²) in [4.78, 5) is 0. The average molecular weight is 297 g/mol. The largest absolute Gasteiger partial charge is 0.491 e. The minimum Gasteiger partial charge on any atom is -0.491 e. The predicted molar refractivity (Wildman–Crippen MR) is 78.7 cm³/mol. The van der Waals surface area contributed by atoms with E-state index >= 15 is 0 Å². The first-order chi connectivity index (χ1) is 10.1. The molecule has 21 heavy (non-hydrogen) atoms. The summed E-state index contributed by atoms with van der Waals surface area (Å²) in [6.45, 7) is 1.52. The molecular formula is C16H24FNO3. The van der Waals surface area contributed by atoms with Crippen molar-refractivity contribution in [2.45, 2.75) is 37.9 Å². The van der Waals surface area contributed by atoms with Crippen molar-refractivity contribution in [2.24, 2.45) is 5.92 Å². The molecule has 0 aromatic heterocycles. The third-order valence-corrected chi connectivity index (χ3v) is 3.89. The van der Waals surface area contributed by atoms with Gasteiger partial charge in [0.05, 0.1) is 6.10 Å². The molecule has 1 unspecified atom stereocenters. The molecule has 1 atom stereocenters. The van der Waals surface area contributed by atoms with Gasteiger partial charge in [0.25, 0.3) is 0 Å². The Hall–Kier alpha value is -1.17. The van der Waals surface area contributed by atoms with Crippen LogP contribution in [0.25, 0.3) is 0 Å². The summed E-state index contributed by atoms with van der Waals surface area (Å²) in [5.74, 6) is 0.831. The summed E-state index contributed by atoms with van der Waals surface area (Å²) in [6.07, 6.45) is 3.11. The van der Waals surface area contributed by atoms with E-state index in [-0.39, 0.29) is 18.5 Å². The van der Waals surface area contributed by atoms with E-state index in [1.165, 1.54) is 12.1 Å². The minimum atomic E-state index is -0.593. The first kappa shape index (κ1) is 16.2. The molecule has 1 aromatic carbocycles. The Morgan fingerprint density at radius 1 is 1.19 bits per heavy atom. The molecular weight excluding hydrogens is 273 g/mol. The van der Waals surface area contributed by atoms with Crippen molar-refractivity contribution in [3.8, 4) is 5.75 Å². The van der Waals surface area contributed by atoms with Crippen molar-refractivity contribution in [1.29, 1.82) is 0 Å². The summed E-state index contributed by atoms with van der Waals surface area (Å²) in [7, 11) is 0. The maximum Gasteiger partial charge on any atom is 0.123 e. The van der Waals surface area contributed by atoms with Crippen LogP contribution in [0.2, 0.25) is 0 Å². The van der Waals surface area contributed by atoms with Gasteiger partial charge >= 0.3 is 0 Å². The second-order valence-electron chi connectivity index (χ2n) is 5.75. The summed E-state index contributed by atoms with van der Waals surface area (Å²) in [5, 5.41) is 22.5. The SMILES string of the molecule is OC1CCC(CNCC(O)COc2ccc(F)cc2)CC1. The van der Waals surface area contributed by atoms with Crippen LogP contribution in [-0.2, 0) is 0 Å². The Morgan fingerprint density at radius 2 is 1.86 bits per heavy atom. The number of rotatable bonds is 7. The number of benzene rings is 1. The van der Waals surface area contributed by atoms with Crippen LogP contribution in [0.1, 0.15) is 25.7 Å². The molecule has 1 aliphatic rings. The van der Waals surface area contributed by atoms with Gasteiger partial charge in [-0.1, -0.05) is 0 Å². The zero-order valence-corrected chi connectivity index (χ0v) is 12.2. The lowest BCUT2D eigenvalue weighted by atomic mass is 9.87. The molecule has 4 nitrogen and oxygen atoms in total. The van der Waals surface area contributed by atoms with E-state index in [2.05, 4.69) is 5.32 Å². The highest BCUT2D eigenvalue weighted by Crippen LogP contribution is 2.23. The lowest BCUT2D eigenvalue weighted by Crippen LogP contribution is -2.35. The van der Waals surface area contributed by atoms with E-state index < -0.39 is 6.10 Å². The maximum absolute atomic E-state index is 12.7. The van der Waals surface area contributed by atoms with Crippen molar-refractivity contribution in [3.05, 3.63) is 30.1 Å². The van der Waals surface area contributed by atoms with Gasteiger partial charge in [-0.05, 0) is 62.4 Å². The highest BCUT2D eigenvalue weighted by molar-refractivity contribution is 5.22. The van der Waals surface area contributed by atoms with Crippen LogP contribution in [-0.4, -0.2) is 42.1 Å². The second kappa shape index (κ2) is 8.32. The molecule has 1 fully saturated rings. The molecule has 3 N–H and O–H groups in total. The summed E-state index contributed by atoms with van der Waals surface area (Å²) < 4.78 is 18.1. The first-order valence-corrected chi connectivity index (χ1v) is 7.58. The van der Waals surface area contributed by atoms with Crippen LogP contribution < -0.4 is 10.1 Å². The summed E-state index contributed by atoms with van der Waals surface area (Å²) in [5.41, 5.74) is 0. The van der Waals surface area contributed by atoms with Crippen LogP contribution in [0.15, 0.2) is 24.3 Å². The normalized spacial score (nSPS) is 23.8. The number of aliphatic hydroxyl groups excluding tert-OH is 2. The quantitative estimate of drug-likeness (QED) is 0.717.